The standard InChI is InChI=1S/C14H13Cl3N4/c1-20-8-9(7-18-20)2-3-21-13-5-11(17)10(16)4-12(13)19-14(21)6-15/h4-5,7-8H,2-3,6H2,1H3. The second kappa shape index (κ2) is 5.87. The van der Waals surface area contributed by atoms with E-state index in [1.165, 1.54) is 5.56 Å². The molecular formula is C14H13Cl3N4. The van der Waals surface area contributed by atoms with Crippen molar-refractivity contribution in [2.45, 2.75) is 18.8 Å². The van der Waals surface area contributed by atoms with Crippen molar-refractivity contribution in [3.8, 4) is 0 Å². The lowest BCUT2D eigenvalue weighted by Crippen LogP contribution is -2.04. The lowest BCUT2D eigenvalue weighted by atomic mass is 10.2. The van der Waals surface area contributed by atoms with Gasteiger partial charge in [0, 0.05) is 19.8 Å². The number of halogens is 3. The Balaban J connectivity index is 1.97. The molecule has 0 unspecified atom stereocenters. The monoisotopic (exact) mass is 342 g/mol. The van der Waals surface area contributed by atoms with Crippen LogP contribution in [0.25, 0.3) is 11.0 Å². The number of rotatable bonds is 4. The van der Waals surface area contributed by atoms with E-state index >= 15 is 0 Å². The highest BCUT2D eigenvalue weighted by atomic mass is 35.5. The number of hydrogen-bond donors (Lipinski definition) is 0. The van der Waals surface area contributed by atoms with Crippen molar-refractivity contribution in [1.82, 2.24) is 19.3 Å². The van der Waals surface area contributed by atoms with E-state index in [0.717, 1.165) is 29.8 Å². The van der Waals surface area contributed by atoms with Crippen LogP contribution >= 0.6 is 34.8 Å². The maximum absolute atomic E-state index is 6.11. The van der Waals surface area contributed by atoms with E-state index in [4.69, 9.17) is 34.8 Å². The third-order valence-electron chi connectivity index (χ3n) is 3.37. The molecule has 0 aliphatic carbocycles. The summed E-state index contributed by atoms with van der Waals surface area (Å²) in [4.78, 5) is 4.52. The summed E-state index contributed by atoms with van der Waals surface area (Å²) in [5.41, 5.74) is 2.93. The van der Waals surface area contributed by atoms with Crippen molar-refractivity contribution in [3.05, 3.63) is 46.0 Å². The number of alkyl halides is 1. The van der Waals surface area contributed by atoms with E-state index < -0.39 is 0 Å². The average Bonchev–Trinajstić information content (AvgIpc) is 3.01. The Bertz CT molecular complexity index is 791. The van der Waals surface area contributed by atoms with Crippen LogP contribution in [0, 0.1) is 0 Å². The maximum atomic E-state index is 6.11. The molecule has 0 N–H and O–H groups in total. The summed E-state index contributed by atoms with van der Waals surface area (Å²) in [5, 5.41) is 5.20. The first kappa shape index (κ1) is 14.7. The first-order chi connectivity index (χ1) is 10.1. The van der Waals surface area contributed by atoms with Gasteiger partial charge in [-0.3, -0.25) is 4.68 Å². The molecule has 0 radical (unpaired) electrons. The summed E-state index contributed by atoms with van der Waals surface area (Å²) in [7, 11) is 1.90. The largest absolute Gasteiger partial charge is 0.327 e. The quantitative estimate of drug-likeness (QED) is 0.670. The Morgan fingerprint density at radius 1 is 1.19 bits per heavy atom. The Morgan fingerprint density at radius 3 is 2.62 bits per heavy atom. The van der Waals surface area contributed by atoms with E-state index in [-0.39, 0.29) is 0 Å². The Hall–Kier alpha value is -1.23. The topological polar surface area (TPSA) is 35.6 Å². The SMILES string of the molecule is Cn1cc(CCn2c(CCl)nc3cc(Cl)c(Cl)cc32)cn1. The van der Waals surface area contributed by atoms with Crippen LogP contribution in [-0.4, -0.2) is 19.3 Å². The fourth-order valence-corrected chi connectivity index (χ4v) is 2.88. The Morgan fingerprint density at radius 2 is 1.95 bits per heavy atom. The molecule has 0 atom stereocenters. The maximum Gasteiger partial charge on any atom is 0.124 e. The van der Waals surface area contributed by atoms with Crippen LogP contribution < -0.4 is 0 Å². The van der Waals surface area contributed by atoms with Crippen LogP contribution in [-0.2, 0) is 25.9 Å². The minimum atomic E-state index is 0.344. The molecule has 1 aromatic carbocycles. The number of fused-ring (bicyclic) bond motifs is 1. The highest BCUT2D eigenvalue weighted by molar-refractivity contribution is 6.42. The number of imidazole rings is 1. The summed E-state index contributed by atoms with van der Waals surface area (Å²) >= 11 is 18.2. The zero-order chi connectivity index (χ0) is 15.0. The molecule has 0 aliphatic heterocycles. The molecule has 2 heterocycles. The highest BCUT2D eigenvalue weighted by Gasteiger charge is 2.12. The molecule has 0 bridgehead atoms. The summed E-state index contributed by atoms with van der Waals surface area (Å²) in [6.07, 6.45) is 4.72. The van der Waals surface area contributed by atoms with Gasteiger partial charge in [0.2, 0.25) is 0 Å². The van der Waals surface area contributed by atoms with Crippen LogP contribution in [0.4, 0.5) is 0 Å². The minimum absolute atomic E-state index is 0.344. The second-order valence-corrected chi connectivity index (χ2v) is 5.92. The molecule has 0 saturated heterocycles. The molecule has 3 rings (SSSR count). The summed E-state index contributed by atoms with van der Waals surface area (Å²) in [6.45, 7) is 0.766. The summed E-state index contributed by atoms with van der Waals surface area (Å²) in [6, 6.07) is 3.61. The van der Waals surface area contributed by atoms with E-state index in [1.807, 2.05) is 25.5 Å². The number of aromatic nitrogens is 4. The van der Waals surface area contributed by atoms with Gasteiger partial charge >= 0.3 is 0 Å². The third kappa shape index (κ3) is 2.89. The number of nitrogens with zero attached hydrogens (tertiary/aromatic N) is 4. The first-order valence-corrected chi connectivity index (χ1v) is 7.75. The lowest BCUT2D eigenvalue weighted by Gasteiger charge is -2.07. The molecule has 0 aliphatic rings. The van der Waals surface area contributed by atoms with E-state index in [2.05, 4.69) is 14.6 Å². The Kier molecular flexibility index (Phi) is 4.11. The fourth-order valence-electron chi connectivity index (χ4n) is 2.36. The van der Waals surface area contributed by atoms with Gasteiger partial charge in [0.15, 0.2) is 0 Å². The van der Waals surface area contributed by atoms with Crippen LogP contribution in [0.5, 0.6) is 0 Å². The van der Waals surface area contributed by atoms with Gasteiger partial charge in [-0.1, -0.05) is 23.2 Å². The van der Waals surface area contributed by atoms with Crippen molar-refractivity contribution in [2.24, 2.45) is 7.05 Å². The lowest BCUT2D eigenvalue weighted by molar-refractivity contribution is 0.687. The molecule has 2 aromatic heterocycles. The summed E-state index contributed by atoms with van der Waals surface area (Å²) < 4.78 is 3.87. The van der Waals surface area contributed by atoms with E-state index in [0.29, 0.717) is 15.9 Å². The molecule has 0 saturated carbocycles. The van der Waals surface area contributed by atoms with Crippen LogP contribution in [0.15, 0.2) is 24.5 Å². The zero-order valence-electron chi connectivity index (χ0n) is 11.4. The zero-order valence-corrected chi connectivity index (χ0v) is 13.6. The molecule has 3 aromatic rings. The van der Waals surface area contributed by atoms with Crippen molar-refractivity contribution in [1.29, 1.82) is 0 Å². The van der Waals surface area contributed by atoms with Gasteiger partial charge in [-0.15, -0.1) is 11.6 Å². The highest BCUT2D eigenvalue weighted by Crippen LogP contribution is 2.29. The van der Waals surface area contributed by atoms with Gasteiger partial charge in [0.25, 0.3) is 0 Å². The van der Waals surface area contributed by atoms with E-state index in [1.54, 1.807) is 10.7 Å². The van der Waals surface area contributed by atoms with Gasteiger partial charge in [-0.2, -0.15) is 5.10 Å². The first-order valence-electron chi connectivity index (χ1n) is 6.46. The van der Waals surface area contributed by atoms with Crippen LogP contribution in [0.1, 0.15) is 11.4 Å². The normalized spacial score (nSPS) is 11.4. The van der Waals surface area contributed by atoms with Gasteiger partial charge in [-0.25, -0.2) is 4.98 Å². The second-order valence-electron chi connectivity index (χ2n) is 4.84. The van der Waals surface area contributed by atoms with Crippen molar-refractivity contribution in [2.75, 3.05) is 0 Å². The van der Waals surface area contributed by atoms with Crippen molar-refractivity contribution < 1.29 is 0 Å². The number of hydrogen-bond acceptors (Lipinski definition) is 2. The predicted octanol–water partition coefficient (Wildman–Crippen LogP) is 4.06. The Labute approximate surface area is 137 Å². The average molecular weight is 344 g/mol. The molecule has 0 amide bonds. The van der Waals surface area contributed by atoms with Gasteiger partial charge in [0.05, 0.1) is 33.2 Å². The van der Waals surface area contributed by atoms with Crippen molar-refractivity contribution in [3.63, 3.8) is 0 Å². The van der Waals surface area contributed by atoms with Gasteiger partial charge in [0.1, 0.15) is 5.82 Å². The molecule has 4 nitrogen and oxygen atoms in total. The van der Waals surface area contributed by atoms with Gasteiger partial charge < -0.3 is 4.57 Å². The smallest absolute Gasteiger partial charge is 0.124 e. The summed E-state index contributed by atoms with van der Waals surface area (Å²) in [5.74, 6) is 1.16. The molecular weight excluding hydrogens is 331 g/mol. The van der Waals surface area contributed by atoms with Gasteiger partial charge in [-0.05, 0) is 24.1 Å². The van der Waals surface area contributed by atoms with Crippen molar-refractivity contribution >= 4 is 45.8 Å². The van der Waals surface area contributed by atoms with Crippen LogP contribution in [0.2, 0.25) is 10.0 Å². The van der Waals surface area contributed by atoms with Crippen LogP contribution in [0.3, 0.4) is 0 Å². The molecule has 0 fully saturated rings. The number of benzene rings is 1. The third-order valence-corrected chi connectivity index (χ3v) is 4.33. The molecule has 21 heavy (non-hydrogen) atoms. The fraction of sp³-hybridized carbons (Fsp3) is 0.286. The minimum Gasteiger partial charge on any atom is -0.327 e. The molecule has 7 heteroatoms. The molecule has 0 spiro atoms. The van der Waals surface area contributed by atoms with E-state index in [9.17, 15) is 0 Å². The molecule has 110 valence electrons. The number of aryl methyl sites for hydroxylation is 3. The predicted molar refractivity (Wildman–Crippen MR) is 86.2 cm³/mol.